The zero-order chi connectivity index (χ0) is 14.5. The van der Waals surface area contributed by atoms with Gasteiger partial charge in [0.25, 0.3) is 5.69 Å². The van der Waals surface area contributed by atoms with Crippen LogP contribution in [0.15, 0.2) is 42.5 Å². The molecule has 104 valence electrons. The molecule has 0 amide bonds. The lowest BCUT2D eigenvalue weighted by atomic mass is 10.2. The number of aliphatic hydroxyl groups is 1. The first kappa shape index (κ1) is 14.3. The van der Waals surface area contributed by atoms with Crippen LogP contribution < -0.4 is 4.74 Å². The Kier molecular flexibility index (Phi) is 4.55. The third-order valence-corrected chi connectivity index (χ3v) is 3.05. The highest BCUT2D eigenvalue weighted by Gasteiger charge is 2.13. The Morgan fingerprint density at radius 1 is 1.25 bits per heavy atom. The number of aliphatic hydroxyl groups excluding tert-OH is 1. The lowest BCUT2D eigenvalue weighted by Gasteiger charge is -2.09. The normalized spacial score (nSPS) is 10.3. The molecule has 0 unspecified atom stereocenters. The van der Waals surface area contributed by atoms with Crippen molar-refractivity contribution in [1.29, 1.82) is 0 Å². The highest BCUT2D eigenvalue weighted by atomic mass is 35.5. The number of hydrogen-bond acceptors (Lipinski definition) is 4. The molecule has 0 aliphatic rings. The van der Waals surface area contributed by atoms with Crippen LogP contribution in [0.1, 0.15) is 11.1 Å². The molecule has 2 aromatic rings. The van der Waals surface area contributed by atoms with E-state index in [0.717, 1.165) is 0 Å². The molecule has 5 nitrogen and oxygen atoms in total. The second-order valence-electron chi connectivity index (χ2n) is 4.10. The van der Waals surface area contributed by atoms with E-state index in [0.29, 0.717) is 21.9 Å². The van der Waals surface area contributed by atoms with E-state index in [1.807, 2.05) is 0 Å². The fraction of sp³-hybridized carbons (Fsp3) is 0.143. The van der Waals surface area contributed by atoms with Gasteiger partial charge in [-0.2, -0.15) is 0 Å². The summed E-state index contributed by atoms with van der Waals surface area (Å²) in [6.07, 6.45) is 0. The largest absolute Gasteiger partial charge is 0.487 e. The van der Waals surface area contributed by atoms with Crippen molar-refractivity contribution >= 4 is 17.3 Å². The molecule has 0 spiro atoms. The van der Waals surface area contributed by atoms with Crippen LogP contribution in [0.3, 0.4) is 0 Å². The summed E-state index contributed by atoms with van der Waals surface area (Å²) in [5.74, 6) is 0.419. The van der Waals surface area contributed by atoms with Gasteiger partial charge in [0.05, 0.1) is 22.1 Å². The summed E-state index contributed by atoms with van der Waals surface area (Å²) >= 11 is 6.01. The monoisotopic (exact) mass is 293 g/mol. The first-order chi connectivity index (χ1) is 9.61. The van der Waals surface area contributed by atoms with Gasteiger partial charge in [-0.25, -0.2) is 0 Å². The molecule has 0 radical (unpaired) electrons. The van der Waals surface area contributed by atoms with Crippen LogP contribution in [0.4, 0.5) is 5.69 Å². The molecule has 2 aromatic carbocycles. The van der Waals surface area contributed by atoms with Crippen molar-refractivity contribution in [3.63, 3.8) is 0 Å². The molecular weight excluding hydrogens is 282 g/mol. The van der Waals surface area contributed by atoms with Crippen LogP contribution in [-0.4, -0.2) is 10.0 Å². The van der Waals surface area contributed by atoms with E-state index in [4.69, 9.17) is 21.4 Å². The molecule has 2 rings (SSSR count). The fourth-order valence-corrected chi connectivity index (χ4v) is 1.98. The minimum atomic E-state index is -0.449. The number of ether oxygens (including phenoxy) is 1. The minimum Gasteiger partial charge on any atom is -0.487 e. The van der Waals surface area contributed by atoms with Crippen LogP contribution in [0, 0.1) is 10.1 Å². The molecule has 0 saturated carbocycles. The van der Waals surface area contributed by atoms with Crippen molar-refractivity contribution in [1.82, 2.24) is 0 Å². The molecule has 20 heavy (non-hydrogen) atoms. The molecule has 0 aliphatic heterocycles. The summed E-state index contributed by atoms with van der Waals surface area (Å²) in [5, 5.41) is 20.2. The second kappa shape index (κ2) is 6.36. The van der Waals surface area contributed by atoms with Crippen molar-refractivity contribution in [3.05, 3.63) is 68.7 Å². The second-order valence-corrected chi connectivity index (χ2v) is 4.50. The molecule has 0 atom stereocenters. The Morgan fingerprint density at radius 3 is 2.65 bits per heavy atom. The number of halogens is 1. The number of nitro groups is 1. The maximum Gasteiger partial charge on any atom is 0.276 e. The molecule has 0 aromatic heterocycles. The molecule has 0 fully saturated rings. The summed E-state index contributed by atoms with van der Waals surface area (Å²) in [5.41, 5.74) is 1.16. The smallest absolute Gasteiger partial charge is 0.276 e. The summed E-state index contributed by atoms with van der Waals surface area (Å²) < 4.78 is 5.50. The van der Waals surface area contributed by atoms with Crippen LogP contribution in [-0.2, 0) is 13.2 Å². The van der Waals surface area contributed by atoms with Crippen molar-refractivity contribution in [3.8, 4) is 5.75 Å². The zero-order valence-corrected chi connectivity index (χ0v) is 11.2. The van der Waals surface area contributed by atoms with E-state index in [9.17, 15) is 10.1 Å². The van der Waals surface area contributed by atoms with Gasteiger partial charge in [0, 0.05) is 6.07 Å². The molecule has 0 saturated heterocycles. The Balaban J connectivity index is 2.15. The molecule has 1 N–H and O–H groups in total. The number of nitrogens with zero attached hydrogens (tertiary/aromatic N) is 1. The molecular formula is C14H12ClNO4. The Morgan fingerprint density at radius 2 is 2.00 bits per heavy atom. The van der Waals surface area contributed by atoms with Gasteiger partial charge in [-0.1, -0.05) is 29.8 Å². The number of benzene rings is 2. The predicted molar refractivity (Wildman–Crippen MR) is 74.8 cm³/mol. The summed E-state index contributed by atoms with van der Waals surface area (Å²) in [6.45, 7) is -0.0560. The van der Waals surface area contributed by atoms with Crippen molar-refractivity contribution < 1.29 is 14.8 Å². The lowest BCUT2D eigenvalue weighted by molar-refractivity contribution is -0.385. The number of hydrogen-bond donors (Lipinski definition) is 1. The van der Waals surface area contributed by atoms with Crippen molar-refractivity contribution in [2.45, 2.75) is 13.2 Å². The minimum absolute atomic E-state index is 0.00982. The van der Waals surface area contributed by atoms with E-state index in [2.05, 4.69) is 0 Å². The van der Waals surface area contributed by atoms with Gasteiger partial charge in [0.1, 0.15) is 12.4 Å². The highest BCUT2D eigenvalue weighted by molar-refractivity contribution is 6.32. The number of rotatable bonds is 5. The highest BCUT2D eigenvalue weighted by Crippen LogP contribution is 2.27. The average Bonchev–Trinajstić information content (AvgIpc) is 2.46. The van der Waals surface area contributed by atoms with Crippen LogP contribution >= 0.6 is 11.6 Å². The fourth-order valence-electron chi connectivity index (χ4n) is 1.73. The van der Waals surface area contributed by atoms with Gasteiger partial charge >= 0.3 is 0 Å². The quantitative estimate of drug-likeness (QED) is 0.678. The van der Waals surface area contributed by atoms with E-state index >= 15 is 0 Å². The molecule has 6 heteroatoms. The number of para-hydroxylation sites is 1. The summed E-state index contributed by atoms with van der Waals surface area (Å²) in [4.78, 5) is 10.4. The third-order valence-electron chi connectivity index (χ3n) is 2.75. The van der Waals surface area contributed by atoms with Crippen molar-refractivity contribution in [2.75, 3.05) is 0 Å². The Hall–Kier alpha value is -2.11. The van der Waals surface area contributed by atoms with E-state index in [1.165, 1.54) is 6.07 Å². The average molecular weight is 294 g/mol. The maximum atomic E-state index is 10.9. The molecule has 0 heterocycles. The molecule has 0 aliphatic carbocycles. The summed E-state index contributed by atoms with van der Waals surface area (Å²) in [6, 6.07) is 11.3. The predicted octanol–water partition coefficient (Wildman–Crippen LogP) is 3.32. The topological polar surface area (TPSA) is 72.6 Å². The van der Waals surface area contributed by atoms with E-state index in [-0.39, 0.29) is 18.9 Å². The first-order valence-corrected chi connectivity index (χ1v) is 6.24. The van der Waals surface area contributed by atoms with Crippen molar-refractivity contribution in [2.24, 2.45) is 0 Å². The van der Waals surface area contributed by atoms with Crippen LogP contribution in [0.25, 0.3) is 0 Å². The zero-order valence-electron chi connectivity index (χ0n) is 10.5. The van der Waals surface area contributed by atoms with E-state index < -0.39 is 4.92 Å². The van der Waals surface area contributed by atoms with Gasteiger partial charge in [0.2, 0.25) is 0 Å². The third kappa shape index (κ3) is 3.26. The van der Waals surface area contributed by atoms with Gasteiger partial charge in [-0.15, -0.1) is 0 Å². The summed E-state index contributed by atoms with van der Waals surface area (Å²) in [7, 11) is 0. The molecule has 0 bridgehead atoms. The lowest BCUT2D eigenvalue weighted by Crippen LogP contribution is -2.01. The Labute approximate surface area is 120 Å². The van der Waals surface area contributed by atoms with Crippen LogP contribution in [0.2, 0.25) is 5.02 Å². The van der Waals surface area contributed by atoms with Gasteiger partial charge in [-0.05, 0) is 23.8 Å². The maximum absolute atomic E-state index is 10.9. The number of nitro benzene ring substituents is 1. The van der Waals surface area contributed by atoms with Crippen LogP contribution in [0.5, 0.6) is 5.75 Å². The van der Waals surface area contributed by atoms with Gasteiger partial charge in [0.15, 0.2) is 0 Å². The standard InChI is InChI=1S/C14H12ClNO4/c15-12-7-10(8-17)5-6-14(12)20-9-11-3-1-2-4-13(11)16(18)19/h1-7,17H,8-9H2. The van der Waals surface area contributed by atoms with Gasteiger partial charge < -0.3 is 9.84 Å². The first-order valence-electron chi connectivity index (χ1n) is 5.86. The SMILES string of the molecule is O=[N+]([O-])c1ccccc1COc1ccc(CO)cc1Cl. The van der Waals surface area contributed by atoms with Gasteiger partial charge in [-0.3, -0.25) is 10.1 Å². The van der Waals surface area contributed by atoms with E-state index in [1.54, 1.807) is 36.4 Å². The Bertz CT molecular complexity index is 630.